The zero-order chi connectivity index (χ0) is 34.1. The van der Waals surface area contributed by atoms with E-state index >= 15 is 0 Å². The molecule has 11 heteroatoms. The maximum atomic E-state index is 14.9. The van der Waals surface area contributed by atoms with Gasteiger partial charge in [-0.25, -0.2) is 0 Å². The third kappa shape index (κ3) is 4.94. The Morgan fingerprint density at radius 1 is 0.959 bits per heavy atom. The monoisotopic (exact) mass is 673 g/mol. The number of nitrogens with zero attached hydrogens (tertiary/aromatic N) is 5. The molecule has 4 aromatic carbocycles. The van der Waals surface area contributed by atoms with Crippen molar-refractivity contribution < 1.29 is 24.2 Å². The Bertz CT molecular complexity index is 2100. The van der Waals surface area contributed by atoms with Gasteiger partial charge in [-0.15, -0.1) is 5.10 Å². The van der Waals surface area contributed by atoms with Crippen molar-refractivity contribution >= 4 is 48.0 Å². The Kier molecular flexibility index (Phi) is 7.56. The van der Waals surface area contributed by atoms with Gasteiger partial charge in [0.15, 0.2) is 13.9 Å². The Labute approximate surface area is 285 Å². The molecule has 1 aromatic heterocycles. The molecule has 49 heavy (non-hydrogen) atoms. The van der Waals surface area contributed by atoms with E-state index in [2.05, 4.69) is 10.3 Å². The number of hydrogen-bond donors (Lipinski definition) is 2. The number of anilines is 3. The van der Waals surface area contributed by atoms with Crippen molar-refractivity contribution in [2.45, 2.75) is 63.2 Å². The van der Waals surface area contributed by atoms with Gasteiger partial charge in [-0.3, -0.25) is 19.2 Å². The quantitative estimate of drug-likeness (QED) is 0.193. The molecule has 8 rings (SSSR count). The molecule has 0 radical (unpaired) electrons. The summed E-state index contributed by atoms with van der Waals surface area (Å²) in [6, 6.07) is 27.4. The highest BCUT2D eigenvalue weighted by Gasteiger charge is 2.66. The van der Waals surface area contributed by atoms with Gasteiger partial charge in [0.2, 0.25) is 0 Å². The number of amides is 2. The van der Waals surface area contributed by atoms with Gasteiger partial charge in [0.1, 0.15) is 0 Å². The molecule has 250 valence electrons. The largest absolute Gasteiger partial charge is 0.432 e. The summed E-state index contributed by atoms with van der Waals surface area (Å²) in [6.07, 6.45) is 2.42. The number of aliphatic hydroxyl groups excluding tert-OH is 1. The van der Waals surface area contributed by atoms with Gasteiger partial charge < -0.3 is 19.5 Å². The summed E-state index contributed by atoms with van der Waals surface area (Å²) in [7, 11) is -2.82. The van der Waals surface area contributed by atoms with Crippen LogP contribution in [0.25, 0.3) is 10.8 Å². The summed E-state index contributed by atoms with van der Waals surface area (Å²) in [4.78, 5) is 43.7. The number of ether oxygens (including phenoxy) is 1. The van der Waals surface area contributed by atoms with E-state index in [1.165, 1.54) is 0 Å². The van der Waals surface area contributed by atoms with Gasteiger partial charge >= 0.3 is 0 Å². The average Bonchev–Trinajstić information content (AvgIpc) is 3.80. The van der Waals surface area contributed by atoms with Gasteiger partial charge in [-0.2, -0.15) is 0 Å². The van der Waals surface area contributed by atoms with Crippen molar-refractivity contribution in [1.29, 1.82) is 0 Å². The lowest BCUT2D eigenvalue weighted by Gasteiger charge is -2.32. The van der Waals surface area contributed by atoms with Gasteiger partial charge in [-0.05, 0) is 60.8 Å². The Morgan fingerprint density at radius 2 is 1.71 bits per heavy atom. The second kappa shape index (κ2) is 11.7. The summed E-state index contributed by atoms with van der Waals surface area (Å²) in [5.74, 6) is -0.490. The molecule has 1 saturated heterocycles. The second-order valence-corrected chi connectivity index (χ2v) is 18.0. The Balaban J connectivity index is 1.11. The Morgan fingerprint density at radius 3 is 2.51 bits per heavy atom. The Hall–Kier alpha value is -4.68. The lowest BCUT2D eigenvalue weighted by Crippen LogP contribution is -2.46. The number of aryl methyl sites for hydroxylation is 1. The number of para-hydroxylation sites is 1. The molecule has 3 aliphatic rings. The summed E-state index contributed by atoms with van der Waals surface area (Å²) < 4.78 is 8.70. The number of carbonyl (C=O) groups is 2. The predicted molar refractivity (Wildman–Crippen MR) is 189 cm³/mol. The molecule has 10 nitrogen and oxygen atoms in total. The molecule has 1 fully saturated rings. The molecule has 0 unspecified atom stereocenters. The molecule has 0 saturated carbocycles. The standard InChI is InChI=1S/C38H39N5O5Si/c1-24-35(49(2,3)47)33(17-19-41-23-27(18-20-44)39-40-41)48-38(24)30-14-4-5-15-31(30)42(37(38)46)22-25-9-6-12-28(21-25)43-32-16-8-11-26-10-7-13-29(34(26)32)36(43)45/h4-16,21,23-24,33,35,44,47H,17-20,22H2,1-3H3/t24-,33+,35-,38+/m0/s1. The SMILES string of the molecule is C[C@H]1[C@H]([Si](C)(C)O)[C@@H](CCn2cc(CCO)nn2)O[C@]12C(=O)N(Cc1cccc(N3C(=O)c4cccc5cccc3c45)c1)c1ccccc12. The highest BCUT2D eigenvalue weighted by Crippen LogP contribution is 2.59. The number of fused-ring (bicyclic) bond motifs is 2. The van der Waals surface area contributed by atoms with Crippen molar-refractivity contribution in [3.8, 4) is 0 Å². The first-order chi connectivity index (χ1) is 23.6. The molecular formula is C38H39N5O5Si. The molecule has 4 atom stereocenters. The topological polar surface area (TPSA) is 121 Å². The van der Waals surface area contributed by atoms with E-state index in [0.717, 1.165) is 39.0 Å². The predicted octanol–water partition coefficient (Wildman–Crippen LogP) is 5.69. The molecule has 0 bridgehead atoms. The third-order valence-corrected chi connectivity index (χ3v) is 13.1. The minimum atomic E-state index is -2.82. The molecular weight excluding hydrogens is 635 g/mol. The zero-order valence-corrected chi connectivity index (χ0v) is 28.8. The fourth-order valence-electron chi connectivity index (χ4n) is 8.54. The molecule has 4 heterocycles. The highest BCUT2D eigenvalue weighted by molar-refractivity contribution is 6.71. The van der Waals surface area contributed by atoms with Crippen LogP contribution < -0.4 is 9.80 Å². The molecule has 2 N–H and O–H groups in total. The first kappa shape index (κ1) is 31.6. The molecule has 5 aromatic rings. The lowest BCUT2D eigenvalue weighted by atomic mass is 9.82. The van der Waals surface area contributed by atoms with Crippen LogP contribution in [0, 0.1) is 5.92 Å². The first-order valence-corrected chi connectivity index (χ1v) is 19.9. The minimum Gasteiger partial charge on any atom is -0.432 e. The number of aromatic nitrogens is 3. The number of aliphatic hydroxyl groups is 1. The van der Waals surface area contributed by atoms with Crippen LogP contribution in [-0.4, -0.2) is 57.7 Å². The normalized spacial score (nSPS) is 23.0. The van der Waals surface area contributed by atoms with Crippen LogP contribution >= 0.6 is 0 Å². The van der Waals surface area contributed by atoms with E-state index < -0.39 is 13.9 Å². The van der Waals surface area contributed by atoms with E-state index in [1.54, 1.807) is 14.5 Å². The molecule has 1 spiro atoms. The molecule has 0 aliphatic carbocycles. The van der Waals surface area contributed by atoms with Crippen molar-refractivity contribution in [2.24, 2.45) is 5.92 Å². The number of hydrogen-bond acceptors (Lipinski definition) is 7. The second-order valence-electron chi connectivity index (χ2n) is 14.0. The average molecular weight is 674 g/mol. The number of carbonyl (C=O) groups excluding carboxylic acids is 2. The van der Waals surface area contributed by atoms with Crippen LogP contribution in [0.5, 0.6) is 0 Å². The zero-order valence-electron chi connectivity index (χ0n) is 27.8. The third-order valence-electron chi connectivity index (χ3n) is 10.6. The fourth-order valence-corrected chi connectivity index (χ4v) is 11.1. The van der Waals surface area contributed by atoms with E-state index in [9.17, 15) is 19.5 Å². The summed E-state index contributed by atoms with van der Waals surface area (Å²) in [6.45, 7) is 6.69. The minimum absolute atomic E-state index is 0.000318. The van der Waals surface area contributed by atoms with E-state index in [4.69, 9.17) is 4.74 Å². The van der Waals surface area contributed by atoms with Crippen LogP contribution in [-0.2, 0) is 34.6 Å². The van der Waals surface area contributed by atoms with Crippen LogP contribution in [0.1, 0.15) is 40.5 Å². The fraction of sp³-hybridized carbons (Fsp3) is 0.316. The molecule has 2 amide bonds. The maximum absolute atomic E-state index is 14.9. The summed E-state index contributed by atoms with van der Waals surface area (Å²) >= 11 is 0. The van der Waals surface area contributed by atoms with Crippen molar-refractivity contribution in [3.05, 3.63) is 114 Å². The lowest BCUT2D eigenvalue weighted by molar-refractivity contribution is -0.146. The first-order valence-electron chi connectivity index (χ1n) is 16.9. The summed E-state index contributed by atoms with van der Waals surface area (Å²) in [5, 5.41) is 19.6. The van der Waals surface area contributed by atoms with Gasteiger partial charge in [0, 0.05) is 53.9 Å². The van der Waals surface area contributed by atoms with Crippen LogP contribution in [0.15, 0.2) is 91.1 Å². The van der Waals surface area contributed by atoms with E-state index in [0.29, 0.717) is 37.2 Å². The van der Waals surface area contributed by atoms with Gasteiger partial charge in [0.25, 0.3) is 11.8 Å². The smallest absolute Gasteiger partial charge is 0.264 e. The van der Waals surface area contributed by atoms with Crippen LogP contribution in [0.2, 0.25) is 18.6 Å². The summed E-state index contributed by atoms with van der Waals surface area (Å²) in [5.41, 5.74) is 4.03. The van der Waals surface area contributed by atoms with E-state index in [-0.39, 0.29) is 36.0 Å². The molecule has 3 aliphatic heterocycles. The van der Waals surface area contributed by atoms with Crippen LogP contribution in [0.3, 0.4) is 0 Å². The van der Waals surface area contributed by atoms with E-state index in [1.807, 2.05) is 111 Å². The highest BCUT2D eigenvalue weighted by atomic mass is 28.4. The van der Waals surface area contributed by atoms with Crippen molar-refractivity contribution in [1.82, 2.24) is 15.0 Å². The van der Waals surface area contributed by atoms with Crippen molar-refractivity contribution in [3.63, 3.8) is 0 Å². The maximum Gasteiger partial charge on any atom is 0.264 e. The number of benzene rings is 4. The van der Waals surface area contributed by atoms with Gasteiger partial charge in [0.05, 0.1) is 35.3 Å². The van der Waals surface area contributed by atoms with Crippen LogP contribution in [0.4, 0.5) is 17.1 Å². The van der Waals surface area contributed by atoms with Gasteiger partial charge in [-0.1, -0.05) is 66.7 Å². The number of rotatable bonds is 9. The van der Waals surface area contributed by atoms with Crippen molar-refractivity contribution in [2.75, 3.05) is 16.4 Å².